The second-order valence-electron chi connectivity index (χ2n) is 7.18. The van der Waals surface area contributed by atoms with E-state index in [9.17, 15) is 22.8 Å². The number of amides is 1. The SMILES string of the molecule is CC(C)CCOC1CC(C(F)(F)F)CCC1C(=O)Nc1cc[nH]c(=O)c1. The van der Waals surface area contributed by atoms with Gasteiger partial charge in [0.15, 0.2) is 0 Å². The molecule has 1 fully saturated rings. The van der Waals surface area contributed by atoms with Crippen LogP contribution in [0.2, 0.25) is 0 Å². The van der Waals surface area contributed by atoms with E-state index in [0.29, 0.717) is 18.2 Å². The number of rotatable bonds is 6. The molecule has 1 aliphatic rings. The Labute approximate surface area is 150 Å². The number of H-pyrrole nitrogens is 1. The number of hydrogen-bond donors (Lipinski definition) is 2. The predicted molar refractivity (Wildman–Crippen MR) is 91.8 cm³/mol. The Balaban J connectivity index is 2.07. The molecule has 3 unspecified atom stereocenters. The number of aromatic nitrogens is 1. The van der Waals surface area contributed by atoms with Gasteiger partial charge < -0.3 is 15.0 Å². The van der Waals surface area contributed by atoms with Crippen LogP contribution < -0.4 is 10.9 Å². The molecule has 0 aliphatic heterocycles. The fourth-order valence-electron chi connectivity index (χ4n) is 3.12. The smallest absolute Gasteiger partial charge is 0.377 e. The molecule has 8 heteroatoms. The number of ether oxygens (including phenoxy) is 1. The number of aromatic amines is 1. The van der Waals surface area contributed by atoms with Crippen LogP contribution in [-0.4, -0.2) is 29.8 Å². The highest BCUT2D eigenvalue weighted by Crippen LogP contribution is 2.41. The van der Waals surface area contributed by atoms with Gasteiger partial charge in [-0.05, 0) is 37.7 Å². The first kappa shape index (κ1) is 20.5. The van der Waals surface area contributed by atoms with Gasteiger partial charge in [0.2, 0.25) is 11.5 Å². The van der Waals surface area contributed by atoms with E-state index in [2.05, 4.69) is 10.3 Å². The van der Waals surface area contributed by atoms with Gasteiger partial charge in [-0.3, -0.25) is 9.59 Å². The van der Waals surface area contributed by atoms with Gasteiger partial charge in [0, 0.05) is 24.6 Å². The summed E-state index contributed by atoms with van der Waals surface area (Å²) in [6.45, 7) is 4.32. The third-order valence-electron chi connectivity index (χ3n) is 4.66. The zero-order chi connectivity index (χ0) is 19.3. The molecule has 0 spiro atoms. The zero-order valence-electron chi connectivity index (χ0n) is 14.9. The van der Waals surface area contributed by atoms with Crippen LogP contribution >= 0.6 is 0 Å². The van der Waals surface area contributed by atoms with E-state index < -0.39 is 30.0 Å². The van der Waals surface area contributed by atoms with Gasteiger partial charge >= 0.3 is 6.18 Å². The summed E-state index contributed by atoms with van der Waals surface area (Å²) in [6, 6.07) is 2.75. The highest BCUT2D eigenvalue weighted by molar-refractivity contribution is 5.92. The number of carbonyl (C=O) groups is 1. The summed E-state index contributed by atoms with van der Waals surface area (Å²) in [5.74, 6) is -2.17. The summed E-state index contributed by atoms with van der Waals surface area (Å²) in [7, 11) is 0. The number of anilines is 1. The summed E-state index contributed by atoms with van der Waals surface area (Å²) in [6.07, 6.45) is -3.16. The molecule has 0 saturated heterocycles. The van der Waals surface area contributed by atoms with Crippen LogP contribution in [0.15, 0.2) is 23.1 Å². The molecule has 1 aromatic rings. The third kappa shape index (κ3) is 5.86. The Morgan fingerprint density at radius 2 is 2.12 bits per heavy atom. The average molecular weight is 374 g/mol. The van der Waals surface area contributed by atoms with Crippen molar-refractivity contribution in [2.45, 2.75) is 51.8 Å². The van der Waals surface area contributed by atoms with Crippen LogP contribution in [0.5, 0.6) is 0 Å². The first-order chi connectivity index (χ1) is 12.2. The Kier molecular flexibility index (Phi) is 6.86. The molecule has 3 atom stereocenters. The molecule has 1 amide bonds. The van der Waals surface area contributed by atoms with Crippen molar-refractivity contribution in [2.75, 3.05) is 11.9 Å². The fraction of sp³-hybridized carbons (Fsp3) is 0.667. The second-order valence-corrected chi connectivity index (χ2v) is 7.18. The maximum absolute atomic E-state index is 13.1. The summed E-state index contributed by atoms with van der Waals surface area (Å²) in [5, 5.41) is 2.62. The molecule has 0 radical (unpaired) electrons. The zero-order valence-corrected chi connectivity index (χ0v) is 14.9. The van der Waals surface area contributed by atoms with Gasteiger partial charge in [-0.15, -0.1) is 0 Å². The van der Waals surface area contributed by atoms with Crippen LogP contribution in [0.3, 0.4) is 0 Å². The van der Waals surface area contributed by atoms with Gasteiger partial charge in [-0.2, -0.15) is 13.2 Å². The lowest BCUT2D eigenvalue weighted by molar-refractivity contribution is -0.198. The van der Waals surface area contributed by atoms with E-state index in [1.807, 2.05) is 13.8 Å². The van der Waals surface area contributed by atoms with Crippen molar-refractivity contribution in [3.63, 3.8) is 0 Å². The lowest BCUT2D eigenvalue weighted by Gasteiger charge is -2.36. The van der Waals surface area contributed by atoms with Crippen molar-refractivity contribution in [3.8, 4) is 0 Å². The van der Waals surface area contributed by atoms with E-state index in [1.165, 1.54) is 18.3 Å². The van der Waals surface area contributed by atoms with E-state index in [-0.39, 0.29) is 24.8 Å². The summed E-state index contributed by atoms with van der Waals surface area (Å²) < 4.78 is 45.0. The average Bonchev–Trinajstić information content (AvgIpc) is 2.53. The van der Waals surface area contributed by atoms with Crippen LogP contribution in [0.4, 0.5) is 18.9 Å². The Hall–Kier alpha value is -1.83. The van der Waals surface area contributed by atoms with Crippen LogP contribution in [-0.2, 0) is 9.53 Å². The first-order valence-electron chi connectivity index (χ1n) is 8.84. The standard InChI is InChI=1S/C18H25F3N2O3/c1-11(2)6-8-26-15-9-12(18(19,20)21)3-4-14(15)17(25)23-13-5-7-22-16(24)10-13/h5,7,10-12,14-15H,3-4,6,8-9H2,1-2H3,(H2,22,23,24,25). The van der Waals surface area contributed by atoms with Crippen molar-refractivity contribution >= 4 is 11.6 Å². The molecule has 1 aromatic heterocycles. The largest absolute Gasteiger partial charge is 0.391 e. The molecule has 146 valence electrons. The summed E-state index contributed by atoms with van der Waals surface area (Å²) in [5.41, 5.74) is -0.0501. The molecule has 26 heavy (non-hydrogen) atoms. The van der Waals surface area contributed by atoms with Gasteiger partial charge in [-0.25, -0.2) is 0 Å². The molecule has 5 nitrogen and oxygen atoms in total. The monoisotopic (exact) mass is 374 g/mol. The summed E-state index contributed by atoms with van der Waals surface area (Å²) in [4.78, 5) is 26.3. The maximum Gasteiger partial charge on any atom is 0.391 e. The number of nitrogens with one attached hydrogen (secondary N) is 2. The van der Waals surface area contributed by atoms with E-state index in [0.717, 1.165) is 6.42 Å². The molecule has 0 bridgehead atoms. The van der Waals surface area contributed by atoms with E-state index >= 15 is 0 Å². The van der Waals surface area contributed by atoms with E-state index in [4.69, 9.17) is 4.74 Å². The number of pyridine rings is 1. The highest BCUT2D eigenvalue weighted by Gasteiger charge is 2.46. The molecule has 1 saturated carbocycles. The van der Waals surface area contributed by atoms with Gasteiger partial charge in [-0.1, -0.05) is 13.8 Å². The number of hydrogen-bond acceptors (Lipinski definition) is 3. The molecule has 1 aliphatic carbocycles. The molecule has 1 heterocycles. The Morgan fingerprint density at radius 3 is 2.73 bits per heavy atom. The molecule has 2 rings (SSSR count). The molecule has 2 N–H and O–H groups in total. The number of carbonyl (C=O) groups excluding carboxylic acids is 1. The first-order valence-corrected chi connectivity index (χ1v) is 8.84. The quantitative estimate of drug-likeness (QED) is 0.797. The third-order valence-corrected chi connectivity index (χ3v) is 4.66. The van der Waals surface area contributed by atoms with Gasteiger partial charge in [0.05, 0.1) is 17.9 Å². The lowest BCUT2D eigenvalue weighted by atomic mass is 9.78. The minimum atomic E-state index is -4.28. The topological polar surface area (TPSA) is 71.2 Å². The van der Waals surface area contributed by atoms with Gasteiger partial charge in [0.25, 0.3) is 0 Å². The van der Waals surface area contributed by atoms with Crippen molar-refractivity contribution in [3.05, 3.63) is 28.7 Å². The molecular formula is C18H25F3N2O3. The van der Waals surface area contributed by atoms with Gasteiger partial charge in [0.1, 0.15) is 0 Å². The van der Waals surface area contributed by atoms with Crippen LogP contribution in [0.25, 0.3) is 0 Å². The van der Waals surface area contributed by atoms with Crippen molar-refractivity contribution < 1.29 is 22.7 Å². The highest BCUT2D eigenvalue weighted by atomic mass is 19.4. The summed E-state index contributed by atoms with van der Waals surface area (Å²) >= 11 is 0. The van der Waals surface area contributed by atoms with Crippen molar-refractivity contribution in [1.82, 2.24) is 4.98 Å². The second kappa shape index (κ2) is 8.70. The Bertz CT molecular complexity index is 658. The van der Waals surface area contributed by atoms with Crippen molar-refractivity contribution in [1.29, 1.82) is 0 Å². The van der Waals surface area contributed by atoms with E-state index in [1.54, 1.807) is 0 Å². The maximum atomic E-state index is 13.1. The minimum Gasteiger partial charge on any atom is -0.377 e. The minimum absolute atomic E-state index is 0.0962. The normalized spacial score (nSPS) is 23.8. The predicted octanol–water partition coefficient (Wildman–Crippen LogP) is 3.72. The Morgan fingerprint density at radius 1 is 1.38 bits per heavy atom. The van der Waals surface area contributed by atoms with Crippen LogP contribution in [0.1, 0.15) is 39.5 Å². The van der Waals surface area contributed by atoms with Crippen molar-refractivity contribution in [2.24, 2.45) is 17.8 Å². The number of alkyl halides is 3. The van der Waals surface area contributed by atoms with Crippen LogP contribution in [0, 0.1) is 17.8 Å². The number of halogens is 3. The lowest BCUT2D eigenvalue weighted by Crippen LogP contribution is -2.43. The molecule has 0 aromatic carbocycles. The molecular weight excluding hydrogens is 349 g/mol. The fourth-order valence-corrected chi connectivity index (χ4v) is 3.12.